The fourth-order valence-electron chi connectivity index (χ4n) is 4.60. The third-order valence-electron chi connectivity index (χ3n) is 6.12. The number of hydrazone groups is 1. The van der Waals surface area contributed by atoms with E-state index in [-0.39, 0.29) is 11.8 Å². The zero-order chi connectivity index (χ0) is 17.7. The van der Waals surface area contributed by atoms with Crippen LogP contribution in [0.1, 0.15) is 56.2 Å². The molecule has 4 heteroatoms. The van der Waals surface area contributed by atoms with Crippen LogP contribution in [0.2, 0.25) is 5.02 Å². The molecule has 1 fully saturated rings. The highest BCUT2D eigenvalue weighted by molar-refractivity contribution is 6.30. The summed E-state index contributed by atoms with van der Waals surface area (Å²) in [5.41, 5.74) is 3.19. The predicted octanol–water partition coefficient (Wildman–Crippen LogP) is 5.79. The molecule has 134 valence electrons. The van der Waals surface area contributed by atoms with Crippen molar-refractivity contribution in [3.05, 3.63) is 64.7 Å². The van der Waals surface area contributed by atoms with Crippen molar-refractivity contribution in [1.82, 2.24) is 5.01 Å². The summed E-state index contributed by atoms with van der Waals surface area (Å²) in [6.07, 6.45) is 5.32. The molecule has 0 unspecified atom stereocenters. The van der Waals surface area contributed by atoms with Crippen molar-refractivity contribution in [2.24, 2.45) is 11.0 Å². The van der Waals surface area contributed by atoms with E-state index >= 15 is 0 Å². The molecule has 3 aliphatic rings. The first kappa shape index (κ1) is 16.2. The first-order valence-electron chi connectivity index (χ1n) is 9.55. The molecule has 1 saturated carbocycles. The van der Waals surface area contributed by atoms with Crippen LogP contribution < -0.4 is 4.74 Å². The van der Waals surface area contributed by atoms with Gasteiger partial charge in [-0.2, -0.15) is 5.10 Å². The highest BCUT2D eigenvalue weighted by Gasteiger charge is 2.51. The second-order valence-corrected chi connectivity index (χ2v) is 8.33. The van der Waals surface area contributed by atoms with E-state index in [2.05, 4.69) is 48.3 Å². The van der Waals surface area contributed by atoms with Crippen LogP contribution in [0.4, 0.5) is 0 Å². The molecule has 0 amide bonds. The Balaban J connectivity index is 1.60. The maximum atomic E-state index is 6.62. The summed E-state index contributed by atoms with van der Waals surface area (Å²) in [5.74, 6) is 1.74. The summed E-state index contributed by atoms with van der Waals surface area (Å²) in [6.45, 7) is 2.34. The molecule has 2 heterocycles. The third kappa shape index (κ3) is 2.52. The highest BCUT2D eigenvalue weighted by atomic mass is 35.5. The van der Waals surface area contributed by atoms with Crippen LogP contribution >= 0.6 is 11.6 Å². The normalized spacial score (nSPS) is 29.8. The molecule has 1 atom stereocenters. The van der Waals surface area contributed by atoms with Gasteiger partial charge in [0.1, 0.15) is 5.75 Å². The molecule has 1 spiro atoms. The lowest BCUT2D eigenvalue weighted by molar-refractivity contribution is -0.145. The summed E-state index contributed by atoms with van der Waals surface area (Å²) in [7, 11) is 0. The van der Waals surface area contributed by atoms with Gasteiger partial charge in [-0.3, -0.25) is 0 Å². The monoisotopic (exact) mass is 366 g/mol. The topological polar surface area (TPSA) is 24.8 Å². The predicted molar refractivity (Wildman–Crippen MR) is 105 cm³/mol. The number of halogens is 1. The minimum Gasteiger partial charge on any atom is -0.466 e. The largest absolute Gasteiger partial charge is 0.466 e. The van der Waals surface area contributed by atoms with E-state index < -0.39 is 0 Å². The van der Waals surface area contributed by atoms with Crippen LogP contribution in [0.3, 0.4) is 0 Å². The van der Waals surface area contributed by atoms with Gasteiger partial charge in [-0.05, 0) is 42.5 Å². The molecule has 2 aromatic rings. The highest BCUT2D eigenvalue weighted by Crippen LogP contribution is 2.52. The number of hydrogen-bond acceptors (Lipinski definition) is 3. The fourth-order valence-corrected chi connectivity index (χ4v) is 4.78. The first-order chi connectivity index (χ1) is 12.6. The van der Waals surface area contributed by atoms with E-state index in [0.717, 1.165) is 47.2 Å². The number of nitrogens with zero attached hydrogens (tertiary/aromatic N) is 2. The van der Waals surface area contributed by atoms with Crippen molar-refractivity contribution < 1.29 is 4.74 Å². The summed E-state index contributed by atoms with van der Waals surface area (Å²) in [4.78, 5) is 0. The smallest absolute Gasteiger partial charge is 0.198 e. The Kier molecular flexibility index (Phi) is 3.75. The second-order valence-electron chi connectivity index (χ2n) is 7.89. The van der Waals surface area contributed by atoms with Gasteiger partial charge in [-0.25, -0.2) is 5.01 Å². The van der Waals surface area contributed by atoms with E-state index in [0.29, 0.717) is 0 Å². The summed E-state index contributed by atoms with van der Waals surface area (Å²) in [5, 5.41) is 8.11. The van der Waals surface area contributed by atoms with Gasteiger partial charge in [-0.15, -0.1) is 0 Å². The van der Waals surface area contributed by atoms with Crippen LogP contribution in [0, 0.1) is 5.92 Å². The summed E-state index contributed by atoms with van der Waals surface area (Å²) in [6, 6.07) is 16.7. The second kappa shape index (κ2) is 6.02. The van der Waals surface area contributed by atoms with Crippen molar-refractivity contribution in [1.29, 1.82) is 0 Å². The standard InChI is InChI=1S/C22H23ClN2O/c1-15-9-11-22(12-10-15)25-20(18-13-17(23)7-8-21(18)26-22)14-19(24-25)16-5-3-2-4-6-16/h2-8,13,15,20H,9-12,14H2,1H3/t15?,20-,22?/m1/s1. The molecule has 1 aliphatic carbocycles. The van der Waals surface area contributed by atoms with Gasteiger partial charge in [0.05, 0.1) is 11.8 Å². The summed E-state index contributed by atoms with van der Waals surface area (Å²) >= 11 is 6.31. The van der Waals surface area contributed by atoms with E-state index in [1.54, 1.807) is 0 Å². The maximum Gasteiger partial charge on any atom is 0.198 e. The van der Waals surface area contributed by atoms with Crippen LogP contribution in [0.15, 0.2) is 53.6 Å². The number of benzene rings is 2. The Hall–Kier alpha value is -2.00. The Morgan fingerprint density at radius 3 is 2.65 bits per heavy atom. The first-order valence-corrected chi connectivity index (χ1v) is 9.93. The Labute approximate surface area is 159 Å². The molecule has 0 N–H and O–H groups in total. The van der Waals surface area contributed by atoms with Crippen molar-refractivity contribution in [3.8, 4) is 5.75 Å². The van der Waals surface area contributed by atoms with Gasteiger partial charge in [0.25, 0.3) is 0 Å². The van der Waals surface area contributed by atoms with E-state index in [1.807, 2.05) is 12.1 Å². The number of fused-ring (bicyclic) bond motifs is 4. The van der Waals surface area contributed by atoms with Crippen LogP contribution in [-0.4, -0.2) is 16.4 Å². The molecule has 26 heavy (non-hydrogen) atoms. The maximum absolute atomic E-state index is 6.62. The zero-order valence-electron chi connectivity index (χ0n) is 15.0. The molecule has 3 nitrogen and oxygen atoms in total. The van der Waals surface area contributed by atoms with Crippen molar-refractivity contribution >= 4 is 17.3 Å². The lowest BCUT2D eigenvalue weighted by Crippen LogP contribution is -2.55. The SMILES string of the molecule is CC1CCC2(CC1)Oc1ccc(Cl)cc1[C@H]1CC(c3ccccc3)=NN12. The Morgan fingerprint density at radius 2 is 1.88 bits per heavy atom. The lowest BCUT2D eigenvalue weighted by Gasteiger charge is -2.50. The van der Waals surface area contributed by atoms with Gasteiger partial charge >= 0.3 is 0 Å². The molecule has 0 bridgehead atoms. The van der Waals surface area contributed by atoms with Crippen LogP contribution in [0.25, 0.3) is 0 Å². The fraction of sp³-hybridized carbons (Fsp3) is 0.409. The van der Waals surface area contributed by atoms with E-state index in [1.165, 1.54) is 18.4 Å². The van der Waals surface area contributed by atoms with Crippen molar-refractivity contribution in [2.45, 2.75) is 50.8 Å². The minimum absolute atomic E-state index is 0.209. The van der Waals surface area contributed by atoms with Gasteiger partial charge < -0.3 is 4.74 Å². The molecule has 2 aromatic carbocycles. The van der Waals surface area contributed by atoms with Crippen LogP contribution in [-0.2, 0) is 0 Å². The zero-order valence-corrected chi connectivity index (χ0v) is 15.7. The molecular formula is C22H23ClN2O. The average molecular weight is 367 g/mol. The van der Waals surface area contributed by atoms with Crippen molar-refractivity contribution in [2.75, 3.05) is 0 Å². The summed E-state index contributed by atoms with van der Waals surface area (Å²) < 4.78 is 6.62. The molecule has 0 radical (unpaired) electrons. The number of rotatable bonds is 1. The lowest BCUT2D eigenvalue weighted by atomic mass is 9.82. The molecular weight excluding hydrogens is 344 g/mol. The number of ether oxygens (including phenoxy) is 1. The average Bonchev–Trinajstić information content (AvgIpc) is 3.12. The number of hydrogen-bond donors (Lipinski definition) is 0. The quantitative estimate of drug-likeness (QED) is 0.638. The molecule has 5 rings (SSSR count). The van der Waals surface area contributed by atoms with Crippen molar-refractivity contribution in [3.63, 3.8) is 0 Å². The van der Waals surface area contributed by atoms with Gasteiger partial charge in [0.15, 0.2) is 5.72 Å². The van der Waals surface area contributed by atoms with E-state index in [4.69, 9.17) is 21.4 Å². The molecule has 2 aliphatic heterocycles. The Morgan fingerprint density at radius 1 is 1.12 bits per heavy atom. The molecule has 0 aromatic heterocycles. The Bertz CT molecular complexity index is 856. The molecule has 0 saturated heterocycles. The third-order valence-corrected chi connectivity index (χ3v) is 6.36. The van der Waals surface area contributed by atoms with Gasteiger partial charge in [0.2, 0.25) is 0 Å². The van der Waals surface area contributed by atoms with Gasteiger partial charge in [-0.1, -0.05) is 48.9 Å². The minimum atomic E-state index is -0.311. The van der Waals surface area contributed by atoms with Gasteiger partial charge in [0, 0.05) is 29.8 Å². The van der Waals surface area contributed by atoms with E-state index in [9.17, 15) is 0 Å². The van der Waals surface area contributed by atoms with Crippen LogP contribution in [0.5, 0.6) is 5.75 Å².